The summed E-state index contributed by atoms with van der Waals surface area (Å²) < 4.78 is 0. The Morgan fingerprint density at radius 1 is 1.40 bits per heavy atom. The Morgan fingerprint density at radius 3 is 2.20 bits per heavy atom. The lowest BCUT2D eigenvalue weighted by molar-refractivity contribution is 1.49. The van der Waals surface area contributed by atoms with Crippen molar-refractivity contribution < 1.29 is 0 Å². The van der Waals surface area contributed by atoms with Gasteiger partial charge in [0, 0.05) is 12.4 Å². The molecule has 0 aromatic carbocycles. The second-order valence-electron chi connectivity index (χ2n) is 1.57. The Hall–Kier alpha value is -0.850. The molecule has 0 N–H and O–H groups in total. The second-order valence-corrected chi connectivity index (χ2v) is 1.57. The Balaban J connectivity index is 0. The minimum atomic E-state index is 1.02. The molecule has 1 heteroatoms. The van der Waals surface area contributed by atoms with Crippen molar-refractivity contribution in [2.24, 2.45) is 4.99 Å². The lowest BCUT2D eigenvalue weighted by atomic mass is 10.3. The second kappa shape index (κ2) is 11.0. The van der Waals surface area contributed by atoms with Crippen molar-refractivity contribution in [2.45, 2.75) is 27.7 Å². The van der Waals surface area contributed by atoms with Crippen molar-refractivity contribution in [3.05, 3.63) is 24.4 Å². The minimum absolute atomic E-state index is 1.02. The van der Waals surface area contributed by atoms with Crippen LogP contribution < -0.4 is 0 Å². The van der Waals surface area contributed by atoms with Gasteiger partial charge >= 0.3 is 0 Å². The Kier molecular flexibility index (Phi) is 13.1. The molecule has 1 nitrogen and oxygen atoms in total. The Labute approximate surface area is 64.2 Å². The summed E-state index contributed by atoms with van der Waals surface area (Å²) in [5, 5.41) is 0. The van der Waals surface area contributed by atoms with Gasteiger partial charge in [-0.15, -0.1) is 0 Å². The van der Waals surface area contributed by atoms with Crippen LogP contribution in [0.3, 0.4) is 0 Å². The van der Waals surface area contributed by atoms with Crippen molar-refractivity contribution >= 4 is 6.21 Å². The SMILES string of the molecule is C=C(C)/C=C\N=CC.CC. The van der Waals surface area contributed by atoms with Crippen molar-refractivity contribution in [3.63, 3.8) is 0 Å². The van der Waals surface area contributed by atoms with Crippen molar-refractivity contribution in [1.82, 2.24) is 0 Å². The summed E-state index contributed by atoms with van der Waals surface area (Å²) in [7, 11) is 0. The molecule has 0 saturated heterocycles. The lowest BCUT2D eigenvalue weighted by Crippen LogP contribution is -1.59. The average molecular weight is 139 g/mol. The normalized spacial score (nSPS) is 9.60. The summed E-state index contributed by atoms with van der Waals surface area (Å²) in [5.41, 5.74) is 1.02. The minimum Gasteiger partial charge on any atom is -0.269 e. The Bertz CT molecular complexity index is 121. The quantitative estimate of drug-likeness (QED) is 0.411. The smallest absolute Gasteiger partial charge is 0.0266 e. The van der Waals surface area contributed by atoms with E-state index in [4.69, 9.17) is 0 Å². The van der Waals surface area contributed by atoms with Gasteiger partial charge < -0.3 is 0 Å². The van der Waals surface area contributed by atoms with Crippen molar-refractivity contribution in [3.8, 4) is 0 Å². The summed E-state index contributed by atoms with van der Waals surface area (Å²) in [5.74, 6) is 0. The van der Waals surface area contributed by atoms with Crippen LogP contribution in [0.5, 0.6) is 0 Å². The number of hydrogen-bond acceptors (Lipinski definition) is 1. The first-order valence-electron chi connectivity index (χ1n) is 3.57. The fraction of sp³-hybridized carbons (Fsp3) is 0.444. The summed E-state index contributed by atoms with van der Waals surface area (Å²) in [6, 6.07) is 0. The van der Waals surface area contributed by atoms with E-state index in [0.717, 1.165) is 5.57 Å². The zero-order valence-electron chi connectivity index (χ0n) is 7.39. The summed E-state index contributed by atoms with van der Waals surface area (Å²) >= 11 is 0. The molecule has 0 aromatic rings. The molecule has 0 radical (unpaired) electrons. The van der Waals surface area contributed by atoms with E-state index in [2.05, 4.69) is 11.6 Å². The summed E-state index contributed by atoms with van der Waals surface area (Å²) in [6.07, 6.45) is 5.32. The maximum Gasteiger partial charge on any atom is 0.0266 e. The molecule has 0 aromatic heterocycles. The molecule has 0 aliphatic carbocycles. The fourth-order valence-electron chi connectivity index (χ4n) is 0.256. The molecule has 0 spiro atoms. The fourth-order valence-corrected chi connectivity index (χ4v) is 0.256. The van der Waals surface area contributed by atoms with Crippen LogP contribution in [0.25, 0.3) is 0 Å². The highest BCUT2D eigenvalue weighted by Gasteiger charge is 1.67. The van der Waals surface area contributed by atoms with E-state index < -0.39 is 0 Å². The van der Waals surface area contributed by atoms with Crippen LogP contribution in [0.15, 0.2) is 29.4 Å². The largest absolute Gasteiger partial charge is 0.269 e. The molecule has 0 atom stereocenters. The molecule has 10 heavy (non-hydrogen) atoms. The molecular weight excluding hydrogens is 122 g/mol. The first-order chi connectivity index (χ1) is 4.77. The topological polar surface area (TPSA) is 12.4 Å². The van der Waals surface area contributed by atoms with Crippen molar-refractivity contribution in [2.75, 3.05) is 0 Å². The van der Waals surface area contributed by atoms with E-state index in [9.17, 15) is 0 Å². The number of allylic oxidation sites excluding steroid dienone is 2. The third-order valence-corrected chi connectivity index (χ3v) is 0.594. The summed E-state index contributed by atoms with van der Waals surface area (Å²) in [4.78, 5) is 3.85. The zero-order valence-corrected chi connectivity index (χ0v) is 7.39. The van der Waals surface area contributed by atoms with Crippen LogP contribution >= 0.6 is 0 Å². The van der Waals surface area contributed by atoms with Gasteiger partial charge in [0.05, 0.1) is 0 Å². The molecule has 0 fully saturated rings. The van der Waals surface area contributed by atoms with Crippen LogP contribution in [-0.2, 0) is 0 Å². The van der Waals surface area contributed by atoms with Crippen LogP contribution in [0, 0.1) is 0 Å². The van der Waals surface area contributed by atoms with E-state index in [1.807, 2.05) is 33.8 Å². The highest BCUT2D eigenvalue weighted by Crippen LogP contribution is 1.87. The number of nitrogens with zero attached hydrogens (tertiary/aromatic N) is 1. The van der Waals surface area contributed by atoms with Gasteiger partial charge in [0.2, 0.25) is 0 Å². The third kappa shape index (κ3) is 15.7. The van der Waals surface area contributed by atoms with E-state index in [0.29, 0.717) is 0 Å². The van der Waals surface area contributed by atoms with Gasteiger partial charge in [0.1, 0.15) is 0 Å². The van der Waals surface area contributed by atoms with Gasteiger partial charge in [0.25, 0.3) is 0 Å². The van der Waals surface area contributed by atoms with Crippen LogP contribution in [-0.4, -0.2) is 6.21 Å². The van der Waals surface area contributed by atoms with E-state index >= 15 is 0 Å². The first kappa shape index (κ1) is 11.9. The predicted octanol–water partition coefficient (Wildman–Crippen LogP) is 3.19. The number of aliphatic imine (C=N–C) groups is 1. The van der Waals surface area contributed by atoms with Crippen LogP contribution in [0.2, 0.25) is 0 Å². The molecule has 0 bridgehead atoms. The molecule has 0 unspecified atom stereocenters. The highest BCUT2D eigenvalue weighted by atomic mass is 14.6. The molecular formula is C9H17N. The van der Waals surface area contributed by atoms with Gasteiger partial charge in [-0.25, -0.2) is 0 Å². The van der Waals surface area contributed by atoms with Gasteiger partial charge in [-0.05, 0) is 19.9 Å². The van der Waals surface area contributed by atoms with Crippen molar-refractivity contribution in [1.29, 1.82) is 0 Å². The van der Waals surface area contributed by atoms with E-state index in [1.165, 1.54) is 0 Å². The molecule has 0 amide bonds. The predicted molar refractivity (Wildman–Crippen MR) is 49.5 cm³/mol. The third-order valence-electron chi connectivity index (χ3n) is 0.594. The molecule has 0 aliphatic heterocycles. The molecule has 0 saturated carbocycles. The number of rotatable bonds is 2. The monoisotopic (exact) mass is 139 g/mol. The van der Waals surface area contributed by atoms with E-state index in [-0.39, 0.29) is 0 Å². The van der Waals surface area contributed by atoms with Gasteiger partial charge in [-0.2, -0.15) is 0 Å². The standard InChI is InChI=1S/C7H11N.C2H6/c1-4-8-6-5-7(2)3;1-2/h4-6H,2H2,1,3H3;1-2H3/b6-5-,8-4?;. The van der Waals surface area contributed by atoms with Gasteiger partial charge in [0.15, 0.2) is 0 Å². The average Bonchev–Trinajstić information content (AvgIpc) is 1.92. The van der Waals surface area contributed by atoms with Gasteiger partial charge in [-0.1, -0.05) is 26.0 Å². The highest BCUT2D eigenvalue weighted by molar-refractivity contribution is 5.54. The number of hydrogen-bond donors (Lipinski definition) is 0. The molecule has 0 rings (SSSR count). The maximum atomic E-state index is 3.85. The van der Waals surface area contributed by atoms with Crippen LogP contribution in [0.4, 0.5) is 0 Å². The Morgan fingerprint density at radius 2 is 1.90 bits per heavy atom. The molecule has 58 valence electrons. The molecule has 0 aliphatic rings. The maximum absolute atomic E-state index is 3.85. The van der Waals surface area contributed by atoms with E-state index in [1.54, 1.807) is 12.4 Å². The zero-order chi connectivity index (χ0) is 8.41. The lowest BCUT2D eigenvalue weighted by Gasteiger charge is -1.78. The van der Waals surface area contributed by atoms with Crippen LogP contribution in [0.1, 0.15) is 27.7 Å². The first-order valence-corrected chi connectivity index (χ1v) is 3.57. The molecule has 0 heterocycles. The summed E-state index contributed by atoms with van der Waals surface area (Å²) in [6.45, 7) is 11.5. The van der Waals surface area contributed by atoms with Gasteiger partial charge in [-0.3, -0.25) is 4.99 Å².